The topological polar surface area (TPSA) is 55.6 Å². The molecule has 0 bridgehead atoms. The van der Waals surface area contributed by atoms with Crippen LogP contribution in [0.5, 0.6) is 0 Å². The molecule has 1 heterocycles. The van der Waals surface area contributed by atoms with Crippen molar-refractivity contribution < 1.29 is 9.53 Å². The third-order valence-corrected chi connectivity index (χ3v) is 4.97. The largest absolute Gasteiger partial charge is 0.465 e. The lowest BCUT2D eigenvalue weighted by atomic mass is 9.94. The van der Waals surface area contributed by atoms with Gasteiger partial charge in [0.1, 0.15) is 5.54 Å². The zero-order valence-electron chi connectivity index (χ0n) is 13.1. The molecule has 3 atom stereocenters. The number of nitrogens with two attached hydrogens (primary N) is 1. The molecule has 116 valence electrons. The Labute approximate surface area is 123 Å². The highest BCUT2D eigenvalue weighted by Gasteiger charge is 2.46. The van der Waals surface area contributed by atoms with Crippen molar-refractivity contribution in [2.24, 2.45) is 5.73 Å². The fourth-order valence-electron chi connectivity index (χ4n) is 3.94. The normalized spacial score (nSPS) is 35.1. The molecule has 0 radical (unpaired) electrons. The van der Waals surface area contributed by atoms with Crippen LogP contribution in [-0.4, -0.2) is 41.6 Å². The predicted octanol–water partition coefficient (Wildman–Crippen LogP) is 2.45. The van der Waals surface area contributed by atoms with Gasteiger partial charge in [-0.1, -0.05) is 19.8 Å². The molecule has 0 aromatic heterocycles. The maximum Gasteiger partial charge on any atom is 0.326 e. The minimum atomic E-state index is -0.741. The Bertz CT molecular complexity index is 332. The SMILES string of the molecule is CCCC1CCCCN1C1CCC(N)(C(=O)OCC)C1. The van der Waals surface area contributed by atoms with Crippen LogP contribution in [0, 0.1) is 0 Å². The van der Waals surface area contributed by atoms with Gasteiger partial charge in [-0.15, -0.1) is 0 Å². The van der Waals surface area contributed by atoms with Crippen molar-refractivity contribution in [1.29, 1.82) is 0 Å². The van der Waals surface area contributed by atoms with E-state index in [1.165, 1.54) is 38.6 Å². The average molecular weight is 282 g/mol. The fraction of sp³-hybridized carbons (Fsp3) is 0.938. The molecular formula is C16H30N2O2. The van der Waals surface area contributed by atoms with E-state index in [1.807, 2.05) is 6.92 Å². The van der Waals surface area contributed by atoms with Gasteiger partial charge in [-0.25, -0.2) is 0 Å². The lowest BCUT2D eigenvalue weighted by Crippen LogP contribution is -2.50. The summed E-state index contributed by atoms with van der Waals surface area (Å²) in [6, 6.07) is 1.17. The molecule has 4 heteroatoms. The molecule has 2 aliphatic rings. The third-order valence-electron chi connectivity index (χ3n) is 4.97. The highest BCUT2D eigenvalue weighted by Crippen LogP contribution is 2.36. The van der Waals surface area contributed by atoms with Gasteiger partial charge in [0.05, 0.1) is 6.61 Å². The zero-order valence-corrected chi connectivity index (χ0v) is 13.1. The van der Waals surface area contributed by atoms with Crippen LogP contribution in [0.4, 0.5) is 0 Å². The summed E-state index contributed by atoms with van der Waals surface area (Å²) in [4.78, 5) is 14.7. The van der Waals surface area contributed by atoms with Crippen LogP contribution in [0.1, 0.15) is 65.2 Å². The number of carbonyl (C=O) groups excluding carboxylic acids is 1. The molecule has 1 saturated carbocycles. The van der Waals surface area contributed by atoms with Crippen molar-refractivity contribution in [1.82, 2.24) is 4.90 Å². The summed E-state index contributed by atoms with van der Waals surface area (Å²) in [5, 5.41) is 0. The monoisotopic (exact) mass is 282 g/mol. The van der Waals surface area contributed by atoms with Crippen LogP contribution in [0.2, 0.25) is 0 Å². The molecule has 4 nitrogen and oxygen atoms in total. The van der Waals surface area contributed by atoms with Crippen LogP contribution >= 0.6 is 0 Å². The highest BCUT2D eigenvalue weighted by atomic mass is 16.5. The molecule has 0 aromatic carbocycles. The molecule has 2 fully saturated rings. The predicted molar refractivity (Wildman–Crippen MR) is 80.4 cm³/mol. The Morgan fingerprint density at radius 3 is 2.85 bits per heavy atom. The van der Waals surface area contributed by atoms with Crippen molar-refractivity contribution >= 4 is 5.97 Å². The van der Waals surface area contributed by atoms with Crippen LogP contribution in [-0.2, 0) is 9.53 Å². The summed E-state index contributed by atoms with van der Waals surface area (Å²) in [7, 11) is 0. The summed E-state index contributed by atoms with van der Waals surface area (Å²) < 4.78 is 5.16. The molecular weight excluding hydrogens is 252 g/mol. The quantitative estimate of drug-likeness (QED) is 0.787. The maximum absolute atomic E-state index is 12.0. The van der Waals surface area contributed by atoms with Gasteiger partial charge < -0.3 is 10.5 Å². The number of esters is 1. The standard InChI is InChI=1S/C16H30N2O2/c1-3-7-13-8-5-6-11-18(13)14-9-10-16(17,12-14)15(19)20-4-2/h13-14H,3-12,17H2,1-2H3. The van der Waals surface area contributed by atoms with Gasteiger partial charge in [0, 0.05) is 12.1 Å². The average Bonchev–Trinajstić information content (AvgIpc) is 2.84. The molecule has 3 unspecified atom stereocenters. The molecule has 2 N–H and O–H groups in total. The van der Waals surface area contributed by atoms with E-state index in [0.717, 1.165) is 19.3 Å². The first-order chi connectivity index (χ1) is 9.60. The Balaban J connectivity index is 1.98. The fourth-order valence-corrected chi connectivity index (χ4v) is 3.94. The van der Waals surface area contributed by atoms with Gasteiger partial charge in [0.15, 0.2) is 0 Å². The Kier molecular flexibility index (Phi) is 5.44. The van der Waals surface area contributed by atoms with Gasteiger partial charge in [-0.05, 0) is 52.0 Å². The summed E-state index contributed by atoms with van der Waals surface area (Å²) in [6.45, 7) is 5.70. The van der Waals surface area contributed by atoms with E-state index in [-0.39, 0.29) is 5.97 Å². The lowest BCUT2D eigenvalue weighted by Gasteiger charge is -2.40. The lowest BCUT2D eigenvalue weighted by molar-refractivity contribution is -0.149. The van der Waals surface area contributed by atoms with Crippen molar-refractivity contribution in [3.63, 3.8) is 0 Å². The highest BCUT2D eigenvalue weighted by molar-refractivity contribution is 5.81. The number of likely N-dealkylation sites (tertiary alicyclic amines) is 1. The molecule has 0 aromatic rings. The minimum absolute atomic E-state index is 0.202. The molecule has 20 heavy (non-hydrogen) atoms. The van der Waals surface area contributed by atoms with E-state index in [9.17, 15) is 4.79 Å². The first-order valence-corrected chi connectivity index (χ1v) is 8.32. The van der Waals surface area contributed by atoms with E-state index in [1.54, 1.807) is 0 Å². The minimum Gasteiger partial charge on any atom is -0.465 e. The number of rotatable bonds is 5. The molecule has 0 amide bonds. The molecule has 1 aliphatic carbocycles. The summed E-state index contributed by atoms with van der Waals surface area (Å²) in [6.07, 6.45) is 9.02. The van der Waals surface area contributed by atoms with Gasteiger partial charge in [0.2, 0.25) is 0 Å². The van der Waals surface area contributed by atoms with E-state index in [0.29, 0.717) is 18.7 Å². The van der Waals surface area contributed by atoms with Crippen LogP contribution in [0.25, 0.3) is 0 Å². The maximum atomic E-state index is 12.0. The van der Waals surface area contributed by atoms with E-state index < -0.39 is 5.54 Å². The first kappa shape index (κ1) is 15.8. The van der Waals surface area contributed by atoms with Gasteiger partial charge in [-0.2, -0.15) is 0 Å². The number of ether oxygens (including phenoxy) is 1. The summed E-state index contributed by atoms with van der Waals surface area (Å²) in [5.41, 5.74) is 5.56. The number of hydrogen-bond acceptors (Lipinski definition) is 4. The molecule has 2 rings (SSSR count). The van der Waals surface area contributed by atoms with E-state index in [4.69, 9.17) is 10.5 Å². The smallest absolute Gasteiger partial charge is 0.326 e. The van der Waals surface area contributed by atoms with Crippen molar-refractivity contribution in [2.45, 2.75) is 82.8 Å². The second kappa shape index (κ2) is 6.90. The van der Waals surface area contributed by atoms with Gasteiger partial charge in [0.25, 0.3) is 0 Å². The second-order valence-corrected chi connectivity index (χ2v) is 6.45. The van der Waals surface area contributed by atoms with Gasteiger partial charge in [-0.3, -0.25) is 9.69 Å². The Morgan fingerprint density at radius 1 is 1.35 bits per heavy atom. The molecule has 0 spiro atoms. The first-order valence-electron chi connectivity index (χ1n) is 8.32. The molecule has 1 saturated heterocycles. The number of nitrogens with zero attached hydrogens (tertiary/aromatic N) is 1. The van der Waals surface area contributed by atoms with Crippen LogP contribution < -0.4 is 5.73 Å². The van der Waals surface area contributed by atoms with Gasteiger partial charge >= 0.3 is 5.97 Å². The number of piperidine rings is 1. The zero-order chi connectivity index (χ0) is 14.6. The second-order valence-electron chi connectivity index (χ2n) is 6.45. The van der Waals surface area contributed by atoms with Crippen LogP contribution in [0.3, 0.4) is 0 Å². The van der Waals surface area contributed by atoms with Crippen molar-refractivity contribution in [3.8, 4) is 0 Å². The van der Waals surface area contributed by atoms with Crippen molar-refractivity contribution in [3.05, 3.63) is 0 Å². The Morgan fingerprint density at radius 2 is 2.15 bits per heavy atom. The molecule has 1 aliphatic heterocycles. The van der Waals surface area contributed by atoms with E-state index >= 15 is 0 Å². The van der Waals surface area contributed by atoms with E-state index in [2.05, 4.69) is 11.8 Å². The summed E-state index contributed by atoms with van der Waals surface area (Å²) >= 11 is 0. The number of carbonyl (C=O) groups is 1. The Hall–Kier alpha value is -0.610. The summed E-state index contributed by atoms with van der Waals surface area (Å²) in [5.74, 6) is -0.202. The van der Waals surface area contributed by atoms with Crippen molar-refractivity contribution in [2.75, 3.05) is 13.2 Å². The number of hydrogen-bond donors (Lipinski definition) is 1. The van der Waals surface area contributed by atoms with Crippen LogP contribution in [0.15, 0.2) is 0 Å². The third kappa shape index (κ3) is 3.34.